The molecule has 4 aromatic rings. The topological polar surface area (TPSA) is 4.44 Å². The summed E-state index contributed by atoms with van der Waals surface area (Å²) in [5, 5.41) is 0. The molecule has 0 saturated carbocycles. The van der Waals surface area contributed by atoms with Crippen LogP contribution in [0.5, 0.6) is 0 Å². The third-order valence-corrected chi connectivity index (χ3v) is 11.6. The summed E-state index contributed by atoms with van der Waals surface area (Å²) in [5.74, 6) is -71.4. The summed E-state index contributed by atoms with van der Waals surface area (Å²) < 4.78 is 294. The van der Waals surface area contributed by atoms with Crippen molar-refractivity contribution in [3.05, 3.63) is 116 Å². The SMILES string of the molecule is CCCCCCCCCCCC[NH+](C)CCCCCCCC.Fc1c(F)c(F)c([B-](c2c(F)c(F)c(F)c(F)c2F)(c2c(F)c(F)c(F)c(F)c2F)c2c(F)c(F)c(F)c(F)c2F)c(F)c1F. The molecule has 0 saturated heterocycles. The second-order valence-corrected chi connectivity index (χ2v) is 16.2. The number of rotatable bonds is 22. The first-order chi connectivity index (χ1) is 31.5. The molecule has 4 rings (SSSR count). The average Bonchev–Trinajstić information content (AvgIpc) is 3.30. The normalized spacial score (nSPS) is 12.2. The first-order valence-electron chi connectivity index (χ1n) is 21.6. The monoisotopic (exact) mass is 991 g/mol. The van der Waals surface area contributed by atoms with E-state index in [1.165, 1.54) is 116 Å². The summed E-state index contributed by atoms with van der Waals surface area (Å²) in [6.45, 7) is 7.38. The van der Waals surface area contributed by atoms with Crippen molar-refractivity contribution < 1.29 is 92.7 Å². The van der Waals surface area contributed by atoms with E-state index in [1.54, 1.807) is 4.90 Å². The van der Waals surface area contributed by atoms with Gasteiger partial charge in [0.15, 0.2) is 69.8 Å². The molecule has 1 N–H and O–H groups in total. The number of benzene rings is 4. The molecular formula is C45H46BF20N. The highest BCUT2D eigenvalue weighted by Crippen LogP contribution is 2.31. The van der Waals surface area contributed by atoms with E-state index in [9.17, 15) is 52.7 Å². The summed E-state index contributed by atoms with van der Waals surface area (Å²) in [6.07, 6.45) is 15.9. The fourth-order valence-corrected chi connectivity index (χ4v) is 8.12. The molecule has 22 heteroatoms. The molecule has 1 atom stereocenters. The Balaban J connectivity index is 0.000000457. The van der Waals surface area contributed by atoms with Crippen LogP contribution < -0.4 is 26.8 Å². The van der Waals surface area contributed by atoms with Crippen molar-refractivity contribution in [3.63, 3.8) is 0 Å². The molecule has 0 aromatic heterocycles. The first kappa shape index (κ1) is 56.8. The second kappa shape index (κ2) is 25.2. The van der Waals surface area contributed by atoms with Gasteiger partial charge in [-0.15, -0.1) is 21.9 Å². The lowest BCUT2D eigenvalue weighted by molar-refractivity contribution is -0.880. The Kier molecular flexibility index (Phi) is 21.4. The van der Waals surface area contributed by atoms with Crippen LogP contribution in [-0.2, 0) is 0 Å². The second-order valence-electron chi connectivity index (χ2n) is 16.2. The number of halogens is 20. The van der Waals surface area contributed by atoms with Crippen LogP contribution in [0.4, 0.5) is 87.8 Å². The molecule has 374 valence electrons. The van der Waals surface area contributed by atoms with Crippen LogP contribution in [0.15, 0.2) is 0 Å². The standard InChI is InChI=1S/C24BF20.C21H45N/c26-5-1(6(27)14(35)21(42)13(5)34)25(2-7(28)15(36)22(43)16(37)8(2)29,3-9(30)17(38)23(44)18(39)10(3)31)4-11(32)19(40)24(45)20(41)12(4)33;1-4-6-8-10-12-13-14-15-17-19-21-22(3)20-18-16-11-9-7-5-2/h;4-21H2,1-3H3/q-1;/p+1. The highest BCUT2D eigenvalue weighted by atomic mass is 19.2. The molecular weight excluding hydrogens is 945 g/mol. The van der Waals surface area contributed by atoms with Crippen molar-refractivity contribution in [2.45, 2.75) is 117 Å². The molecule has 0 heterocycles. The number of hydrogen-bond acceptors (Lipinski definition) is 0. The van der Waals surface area contributed by atoms with Crippen molar-refractivity contribution in [2.75, 3.05) is 20.1 Å². The molecule has 0 aliphatic carbocycles. The number of quaternary nitrogens is 1. The van der Waals surface area contributed by atoms with Crippen molar-refractivity contribution in [3.8, 4) is 0 Å². The fraction of sp³-hybridized carbons (Fsp3) is 0.467. The third kappa shape index (κ3) is 11.9. The van der Waals surface area contributed by atoms with E-state index in [4.69, 9.17) is 0 Å². The highest BCUT2D eigenvalue weighted by molar-refractivity contribution is 7.20. The smallest absolute Gasteiger partial charge is 0.200 e. The van der Waals surface area contributed by atoms with Gasteiger partial charge in [0.25, 0.3) is 0 Å². The predicted octanol–water partition coefficient (Wildman–Crippen LogP) is 11.6. The minimum absolute atomic E-state index is 1.36. The van der Waals surface area contributed by atoms with E-state index >= 15 is 35.1 Å². The number of hydrogen-bond donors (Lipinski definition) is 1. The zero-order valence-electron chi connectivity index (χ0n) is 36.4. The van der Waals surface area contributed by atoms with Crippen LogP contribution in [-0.4, -0.2) is 26.3 Å². The number of nitrogens with one attached hydrogen (secondary N) is 1. The van der Waals surface area contributed by atoms with E-state index in [2.05, 4.69) is 20.9 Å². The van der Waals surface area contributed by atoms with Gasteiger partial charge in [-0.05, 0) is 25.7 Å². The van der Waals surface area contributed by atoms with Crippen LogP contribution >= 0.6 is 0 Å². The van der Waals surface area contributed by atoms with Gasteiger partial charge in [0.2, 0.25) is 0 Å². The van der Waals surface area contributed by atoms with Gasteiger partial charge in [0.05, 0.1) is 20.1 Å². The zero-order valence-corrected chi connectivity index (χ0v) is 36.4. The van der Waals surface area contributed by atoms with Gasteiger partial charge in [-0.2, -0.15) is 0 Å². The Hall–Kier alpha value is -4.50. The minimum atomic E-state index is -7.22. The molecule has 0 fully saturated rings. The highest BCUT2D eigenvalue weighted by Gasteiger charge is 2.52. The van der Waals surface area contributed by atoms with Gasteiger partial charge >= 0.3 is 0 Å². The van der Waals surface area contributed by atoms with E-state index < -0.39 is 144 Å². The molecule has 67 heavy (non-hydrogen) atoms. The maximum atomic E-state index is 15.4. The molecule has 0 aliphatic heterocycles. The van der Waals surface area contributed by atoms with Crippen molar-refractivity contribution in [1.29, 1.82) is 0 Å². The summed E-state index contributed by atoms with van der Waals surface area (Å²) in [4.78, 5) is 1.76. The van der Waals surface area contributed by atoms with E-state index in [1.807, 2.05) is 0 Å². The van der Waals surface area contributed by atoms with Crippen molar-refractivity contribution >= 4 is 28.0 Å². The van der Waals surface area contributed by atoms with Crippen LogP contribution in [0.2, 0.25) is 0 Å². The predicted molar refractivity (Wildman–Crippen MR) is 211 cm³/mol. The van der Waals surface area contributed by atoms with Crippen LogP contribution in [0.25, 0.3) is 0 Å². The Bertz CT molecular complexity index is 1960. The lowest BCUT2D eigenvalue weighted by Crippen LogP contribution is -3.09. The molecule has 0 amide bonds. The molecule has 0 radical (unpaired) electrons. The molecule has 0 spiro atoms. The largest absolute Gasteiger partial charge is 0.337 e. The average molecular weight is 992 g/mol. The summed E-state index contributed by atoms with van der Waals surface area (Å²) in [5.41, 5.74) is -14.3. The molecule has 4 aromatic carbocycles. The lowest BCUT2D eigenvalue weighted by Gasteiger charge is -2.44. The molecule has 0 aliphatic rings. The van der Waals surface area contributed by atoms with Crippen LogP contribution in [0, 0.1) is 116 Å². The van der Waals surface area contributed by atoms with Gasteiger partial charge in [0.1, 0.15) is 52.7 Å². The molecule has 0 bridgehead atoms. The maximum absolute atomic E-state index is 15.4. The zero-order chi connectivity index (χ0) is 50.7. The van der Waals surface area contributed by atoms with E-state index in [0.717, 1.165) is 0 Å². The van der Waals surface area contributed by atoms with Gasteiger partial charge in [-0.25, -0.2) is 87.8 Å². The summed E-state index contributed by atoms with van der Waals surface area (Å²) in [7, 11) is 2.39. The minimum Gasteiger partial charge on any atom is -0.337 e. The number of unbranched alkanes of at least 4 members (excludes halogenated alkanes) is 14. The molecule has 1 unspecified atom stereocenters. The van der Waals surface area contributed by atoms with Crippen LogP contribution in [0.3, 0.4) is 0 Å². The fourth-order valence-electron chi connectivity index (χ4n) is 8.12. The first-order valence-corrected chi connectivity index (χ1v) is 21.6. The van der Waals surface area contributed by atoms with Crippen LogP contribution in [0.1, 0.15) is 117 Å². The summed E-state index contributed by atoms with van der Waals surface area (Å²) >= 11 is 0. The Labute approximate surface area is 373 Å². The Morgan fingerprint density at radius 2 is 0.388 bits per heavy atom. The Morgan fingerprint density at radius 1 is 0.239 bits per heavy atom. The third-order valence-electron chi connectivity index (χ3n) is 11.6. The van der Waals surface area contributed by atoms with E-state index in [-0.39, 0.29) is 0 Å². The van der Waals surface area contributed by atoms with Crippen molar-refractivity contribution in [2.24, 2.45) is 0 Å². The Morgan fingerprint density at radius 3 is 0.567 bits per heavy atom. The quantitative estimate of drug-likeness (QED) is 0.0263. The lowest BCUT2D eigenvalue weighted by atomic mass is 9.12. The van der Waals surface area contributed by atoms with Gasteiger partial charge in [0, 0.05) is 0 Å². The van der Waals surface area contributed by atoms with Crippen molar-refractivity contribution in [1.82, 2.24) is 0 Å². The van der Waals surface area contributed by atoms with Gasteiger partial charge < -0.3 is 4.90 Å². The van der Waals surface area contributed by atoms with Gasteiger partial charge in [-0.3, -0.25) is 0 Å². The van der Waals surface area contributed by atoms with Gasteiger partial charge in [-0.1, -0.05) is 90.9 Å². The summed E-state index contributed by atoms with van der Waals surface area (Å²) in [6, 6.07) is 0. The van der Waals surface area contributed by atoms with E-state index in [0.29, 0.717) is 0 Å². The maximum Gasteiger partial charge on any atom is 0.200 e. The molecule has 1 nitrogen and oxygen atoms in total.